The molecule has 0 bridgehead atoms. The molecule has 0 atom stereocenters. The van der Waals surface area contributed by atoms with Crippen LogP contribution in [0.25, 0.3) is 0 Å². The molecular formula is C10H15NO4S. The summed E-state index contributed by atoms with van der Waals surface area (Å²) in [7, 11) is 0. The van der Waals surface area contributed by atoms with Crippen molar-refractivity contribution in [2.75, 3.05) is 25.5 Å². The molecule has 2 rings (SSSR count). The van der Waals surface area contributed by atoms with Gasteiger partial charge in [0.1, 0.15) is 0 Å². The van der Waals surface area contributed by atoms with E-state index in [4.69, 9.17) is 9.47 Å². The minimum absolute atomic E-state index is 0.0837. The molecule has 0 radical (unpaired) electrons. The molecule has 0 aromatic carbocycles. The summed E-state index contributed by atoms with van der Waals surface area (Å²) in [5.74, 6) is 0.518. The lowest BCUT2D eigenvalue weighted by molar-refractivity contribution is -0.182. The van der Waals surface area contributed by atoms with E-state index < -0.39 is 0 Å². The van der Waals surface area contributed by atoms with Gasteiger partial charge in [-0.05, 0) is 6.42 Å². The van der Waals surface area contributed by atoms with Crippen LogP contribution in [-0.2, 0) is 14.3 Å². The van der Waals surface area contributed by atoms with E-state index in [2.05, 4.69) is 0 Å². The van der Waals surface area contributed by atoms with Crippen molar-refractivity contribution in [2.45, 2.75) is 25.6 Å². The highest BCUT2D eigenvalue weighted by Crippen LogP contribution is 2.19. The largest absolute Gasteiger partial charge is 0.353 e. The molecule has 0 aromatic rings. The molecule has 0 N–H and O–H groups in total. The van der Waals surface area contributed by atoms with Crippen molar-refractivity contribution in [3.05, 3.63) is 0 Å². The quantitative estimate of drug-likeness (QED) is 0.748. The molecule has 2 fully saturated rings. The normalized spacial score (nSPS) is 23.9. The lowest BCUT2D eigenvalue weighted by Gasteiger charge is -2.28. The van der Waals surface area contributed by atoms with Crippen molar-refractivity contribution in [3.8, 4) is 0 Å². The molecular weight excluding hydrogens is 230 g/mol. The third kappa shape index (κ3) is 2.96. The first-order valence-electron chi connectivity index (χ1n) is 5.48. The molecule has 16 heavy (non-hydrogen) atoms. The van der Waals surface area contributed by atoms with Crippen LogP contribution < -0.4 is 0 Å². The van der Waals surface area contributed by atoms with Crippen LogP contribution in [-0.4, -0.2) is 47.8 Å². The van der Waals surface area contributed by atoms with Crippen molar-refractivity contribution < 1.29 is 19.1 Å². The minimum atomic E-state index is -0.263. The van der Waals surface area contributed by atoms with E-state index in [0.717, 1.165) is 6.42 Å². The van der Waals surface area contributed by atoms with Crippen LogP contribution in [0.4, 0.5) is 4.79 Å². The zero-order valence-corrected chi connectivity index (χ0v) is 9.83. The van der Waals surface area contributed by atoms with Crippen LogP contribution in [0, 0.1) is 0 Å². The summed E-state index contributed by atoms with van der Waals surface area (Å²) in [6.45, 7) is 1.79. The van der Waals surface area contributed by atoms with Crippen LogP contribution >= 0.6 is 11.8 Å². The summed E-state index contributed by atoms with van der Waals surface area (Å²) in [6.07, 6.45) is 1.66. The molecule has 0 saturated carbocycles. The van der Waals surface area contributed by atoms with Gasteiger partial charge in [-0.25, -0.2) is 0 Å². The molecule has 2 saturated heterocycles. The Kier molecular flexibility index (Phi) is 4.20. The second-order valence-electron chi connectivity index (χ2n) is 3.72. The van der Waals surface area contributed by atoms with Crippen molar-refractivity contribution in [3.63, 3.8) is 0 Å². The van der Waals surface area contributed by atoms with Gasteiger partial charge in [0, 0.05) is 25.1 Å². The molecule has 5 nitrogen and oxygen atoms in total. The Morgan fingerprint density at radius 3 is 2.75 bits per heavy atom. The summed E-state index contributed by atoms with van der Waals surface area (Å²) in [5, 5.41) is -0.146. The predicted octanol–water partition coefficient (Wildman–Crippen LogP) is 1.23. The average molecular weight is 245 g/mol. The van der Waals surface area contributed by atoms with Gasteiger partial charge in [-0.3, -0.25) is 14.5 Å². The fourth-order valence-electron chi connectivity index (χ4n) is 1.69. The maximum absolute atomic E-state index is 11.5. The number of amides is 2. The Labute approximate surface area is 98.4 Å². The standard InChI is InChI=1S/C10H15NO4S/c12-8-3-7-16-10(13)11(8)4-2-9-14-5-1-6-15-9/h9H,1-7H2. The fourth-order valence-corrected chi connectivity index (χ4v) is 2.49. The molecule has 0 aromatic heterocycles. The number of imide groups is 1. The lowest BCUT2D eigenvalue weighted by Crippen LogP contribution is -2.40. The highest BCUT2D eigenvalue weighted by atomic mass is 32.2. The summed E-state index contributed by atoms with van der Waals surface area (Å²) in [5.41, 5.74) is 0. The maximum atomic E-state index is 11.5. The van der Waals surface area contributed by atoms with Crippen LogP contribution in [0.2, 0.25) is 0 Å². The maximum Gasteiger partial charge on any atom is 0.288 e. The van der Waals surface area contributed by atoms with Gasteiger partial charge < -0.3 is 9.47 Å². The van der Waals surface area contributed by atoms with Crippen LogP contribution in [0.15, 0.2) is 0 Å². The Hall–Kier alpha value is -0.590. The van der Waals surface area contributed by atoms with Gasteiger partial charge in [-0.15, -0.1) is 0 Å². The third-order valence-electron chi connectivity index (χ3n) is 2.55. The van der Waals surface area contributed by atoms with Gasteiger partial charge in [0.05, 0.1) is 13.2 Å². The Balaban J connectivity index is 1.78. The van der Waals surface area contributed by atoms with E-state index in [1.807, 2.05) is 0 Å². The zero-order chi connectivity index (χ0) is 11.4. The first-order valence-corrected chi connectivity index (χ1v) is 6.46. The highest BCUT2D eigenvalue weighted by Gasteiger charge is 2.27. The highest BCUT2D eigenvalue weighted by molar-refractivity contribution is 8.13. The first-order chi connectivity index (χ1) is 7.77. The van der Waals surface area contributed by atoms with E-state index in [1.54, 1.807) is 0 Å². The Morgan fingerprint density at radius 2 is 2.06 bits per heavy atom. The number of rotatable bonds is 3. The van der Waals surface area contributed by atoms with Crippen LogP contribution in [0.3, 0.4) is 0 Å². The van der Waals surface area contributed by atoms with Crippen molar-refractivity contribution in [2.24, 2.45) is 0 Å². The zero-order valence-electron chi connectivity index (χ0n) is 9.02. The molecule has 2 aliphatic rings. The lowest BCUT2D eigenvalue weighted by atomic mass is 10.3. The Morgan fingerprint density at radius 1 is 1.31 bits per heavy atom. The van der Waals surface area contributed by atoms with Gasteiger partial charge in [0.15, 0.2) is 6.29 Å². The summed E-state index contributed by atoms with van der Waals surface area (Å²) >= 11 is 1.20. The van der Waals surface area contributed by atoms with E-state index in [-0.39, 0.29) is 17.4 Å². The SMILES string of the molecule is O=C1CCSC(=O)N1CCC1OCCCO1. The third-order valence-corrected chi connectivity index (χ3v) is 3.42. The number of hydrogen-bond acceptors (Lipinski definition) is 5. The number of carbonyl (C=O) groups is 2. The number of nitrogens with zero attached hydrogens (tertiary/aromatic N) is 1. The molecule has 2 heterocycles. The minimum Gasteiger partial charge on any atom is -0.353 e. The smallest absolute Gasteiger partial charge is 0.288 e. The summed E-state index contributed by atoms with van der Waals surface area (Å²) in [6, 6.07) is 0. The van der Waals surface area contributed by atoms with Gasteiger partial charge in [0.2, 0.25) is 5.91 Å². The van der Waals surface area contributed by atoms with E-state index in [0.29, 0.717) is 38.4 Å². The predicted molar refractivity (Wildman–Crippen MR) is 59.1 cm³/mol. The molecule has 6 heteroatoms. The number of hydrogen-bond donors (Lipinski definition) is 0. The topological polar surface area (TPSA) is 55.8 Å². The van der Waals surface area contributed by atoms with E-state index in [1.165, 1.54) is 16.7 Å². The van der Waals surface area contributed by atoms with Gasteiger partial charge in [0.25, 0.3) is 5.24 Å². The van der Waals surface area contributed by atoms with Crippen LogP contribution in [0.5, 0.6) is 0 Å². The molecule has 90 valence electrons. The molecule has 0 aliphatic carbocycles. The second-order valence-corrected chi connectivity index (χ2v) is 4.77. The molecule has 2 amide bonds. The van der Waals surface area contributed by atoms with Crippen molar-refractivity contribution in [1.29, 1.82) is 0 Å². The van der Waals surface area contributed by atoms with E-state index >= 15 is 0 Å². The summed E-state index contributed by atoms with van der Waals surface area (Å²) < 4.78 is 10.7. The van der Waals surface area contributed by atoms with E-state index in [9.17, 15) is 9.59 Å². The molecule has 0 unspecified atom stereocenters. The molecule has 0 spiro atoms. The monoisotopic (exact) mass is 245 g/mol. The van der Waals surface area contributed by atoms with Gasteiger partial charge in [-0.2, -0.15) is 0 Å². The summed E-state index contributed by atoms with van der Waals surface area (Å²) in [4.78, 5) is 24.3. The Bertz CT molecular complexity index is 262. The first kappa shape index (κ1) is 11.9. The number of carbonyl (C=O) groups excluding carboxylic acids is 2. The molecule has 2 aliphatic heterocycles. The van der Waals surface area contributed by atoms with Crippen LogP contribution in [0.1, 0.15) is 19.3 Å². The van der Waals surface area contributed by atoms with Gasteiger partial charge in [-0.1, -0.05) is 11.8 Å². The number of ether oxygens (including phenoxy) is 2. The number of thioether (sulfide) groups is 1. The van der Waals surface area contributed by atoms with Gasteiger partial charge >= 0.3 is 0 Å². The average Bonchev–Trinajstić information content (AvgIpc) is 2.30. The van der Waals surface area contributed by atoms with Crippen molar-refractivity contribution in [1.82, 2.24) is 4.90 Å². The second kappa shape index (κ2) is 5.65. The van der Waals surface area contributed by atoms with Crippen molar-refractivity contribution >= 4 is 22.9 Å². The fraction of sp³-hybridized carbons (Fsp3) is 0.800.